The molecule has 1 aromatic heterocycles. The van der Waals surface area contributed by atoms with Crippen LogP contribution in [0.2, 0.25) is 0 Å². The van der Waals surface area contributed by atoms with Gasteiger partial charge in [-0.1, -0.05) is 18.2 Å². The molecular weight excluding hydrogens is 242 g/mol. The van der Waals surface area contributed by atoms with E-state index in [-0.39, 0.29) is 6.54 Å². The van der Waals surface area contributed by atoms with Gasteiger partial charge in [-0.15, -0.1) is 0 Å². The first-order valence-corrected chi connectivity index (χ1v) is 5.92. The Hall–Kier alpha value is -2.61. The van der Waals surface area contributed by atoms with E-state index in [2.05, 4.69) is 11.1 Å². The van der Waals surface area contributed by atoms with Crippen LogP contribution >= 0.6 is 0 Å². The molecule has 0 saturated carbocycles. The summed E-state index contributed by atoms with van der Waals surface area (Å²) in [5.41, 5.74) is 1.78. The Kier molecular flexibility index (Phi) is 3.62. The van der Waals surface area contributed by atoms with E-state index in [1.165, 1.54) is 6.20 Å². The molecule has 19 heavy (non-hydrogen) atoms. The molecule has 1 aromatic carbocycles. The quantitative estimate of drug-likeness (QED) is 0.904. The Morgan fingerprint density at radius 3 is 2.84 bits per heavy atom. The molecule has 5 nitrogen and oxygen atoms in total. The Morgan fingerprint density at radius 1 is 1.47 bits per heavy atom. The van der Waals surface area contributed by atoms with E-state index in [9.17, 15) is 10.1 Å². The first-order valence-electron chi connectivity index (χ1n) is 5.92. The maximum absolute atomic E-state index is 10.9. The van der Waals surface area contributed by atoms with E-state index >= 15 is 0 Å². The van der Waals surface area contributed by atoms with Crippen molar-refractivity contribution in [2.75, 3.05) is 18.0 Å². The van der Waals surface area contributed by atoms with Crippen LogP contribution < -0.4 is 4.90 Å². The van der Waals surface area contributed by atoms with Gasteiger partial charge in [-0.25, -0.2) is 0 Å². The third-order valence-electron chi connectivity index (χ3n) is 2.89. The number of carboxylic acid groups (broad SMARTS) is 1. The summed E-state index contributed by atoms with van der Waals surface area (Å²) < 4.78 is 0. The number of carbonyl (C=O) groups is 1. The molecule has 2 aromatic rings. The number of likely N-dealkylation sites (N-methyl/N-ethyl adjacent to an activating group) is 1. The molecule has 0 radical (unpaired) electrons. The number of benzene rings is 1. The van der Waals surface area contributed by atoms with Crippen LogP contribution in [0.25, 0.3) is 10.9 Å². The van der Waals surface area contributed by atoms with E-state index in [0.29, 0.717) is 17.8 Å². The van der Waals surface area contributed by atoms with Crippen LogP contribution in [0.3, 0.4) is 0 Å². The molecule has 0 spiro atoms. The Balaban J connectivity index is 2.67. The molecule has 0 aliphatic carbocycles. The van der Waals surface area contributed by atoms with Gasteiger partial charge in [-0.05, 0) is 13.0 Å². The highest BCUT2D eigenvalue weighted by molar-refractivity contribution is 5.95. The third-order valence-corrected chi connectivity index (χ3v) is 2.89. The van der Waals surface area contributed by atoms with E-state index in [1.807, 2.05) is 31.2 Å². The predicted octanol–water partition coefficient (Wildman–Crippen LogP) is 2.02. The van der Waals surface area contributed by atoms with Gasteiger partial charge in [0.25, 0.3) is 0 Å². The van der Waals surface area contributed by atoms with Crippen LogP contribution in [-0.4, -0.2) is 29.1 Å². The number of para-hydroxylation sites is 1. The fraction of sp³-hybridized carbons (Fsp3) is 0.214. The van der Waals surface area contributed by atoms with Crippen LogP contribution in [0.1, 0.15) is 12.5 Å². The first kappa shape index (κ1) is 12.8. The van der Waals surface area contributed by atoms with E-state index < -0.39 is 5.97 Å². The van der Waals surface area contributed by atoms with Crippen LogP contribution in [0.5, 0.6) is 0 Å². The zero-order valence-corrected chi connectivity index (χ0v) is 10.5. The molecule has 0 aliphatic heterocycles. The minimum absolute atomic E-state index is 0.140. The van der Waals surface area contributed by atoms with Crippen molar-refractivity contribution < 1.29 is 9.90 Å². The van der Waals surface area contributed by atoms with Crippen molar-refractivity contribution in [2.45, 2.75) is 6.92 Å². The molecule has 2 rings (SSSR count). The number of nitrogens with zero attached hydrogens (tertiary/aromatic N) is 3. The second-order valence-electron chi connectivity index (χ2n) is 4.06. The zero-order valence-electron chi connectivity index (χ0n) is 10.5. The number of aromatic nitrogens is 1. The lowest BCUT2D eigenvalue weighted by Crippen LogP contribution is -2.30. The number of fused-ring (bicyclic) bond motifs is 1. The highest BCUT2D eigenvalue weighted by Crippen LogP contribution is 2.28. The van der Waals surface area contributed by atoms with Crippen molar-refractivity contribution in [3.63, 3.8) is 0 Å². The Labute approximate surface area is 110 Å². The average molecular weight is 255 g/mol. The number of hydrogen-bond donors (Lipinski definition) is 1. The molecule has 0 saturated heterocycles. The molecule has 96 valence electrons. The SMILES string of the molecule is CCN(CC(=O)O)c1c(C#N)cnc2ccccc12. The third kappa shape index (κ3) is 2.47. The van der Waals surface area contributed by atoms with Gasteiger partial charge < -0.3 is 10.0 Å². The maximum atomic E-state index is 10.9. The number of aliphatic carboxylic acids is 1. The van der Waals surface area contributed by atoms with E-state index in [1.54, 1.807) is 4.90 Å². The molecule has 0 aliphatic rings. The lowest BCUT2D eigenvalue weighted by Gasteiger charge is -2.23. The van der Waals surface area contributed by atoms with Gasteiger partial charge in [0.05, 0.1) is 16.8 Å². The minimum Gasteiger partial charge on any atom is -0.480 e. The highest BCUT2D eigenvalue weighted by atomic mass is 16.4. The average Bonchev–Trinajstić information content (AvgIpc) is 2.43. The van der Waals surface area contributed by atoms with Gasteiger partial charge in [0, 0.05) is 18.1 Å². The molecule has 0 atom stereocenters. The maximum Gasteiger partial charge on any atom is 0.323 e. The molecule has 5 heteroatoms. The smallest absolute Gasteiger partial charge is 0.323 e. The van der Waals surface area contributed by atoms with Gasteiger partial charge in [-0.3, -0.25) is 9.78 Å². The zero-order chi connectivity index (χ0) is 13.8. The molecule has 0 fully saturated rings. The summed E-state index contributed by atoms with van der Waals surface area (Å²) >= 11 is 0. The van der Waals surface area contributed by atoms with Crippen molar-refractivity contribution in [3.8, 4) is 6.07 Å². The summed E-state index contributed by atoms with van der Waals surface area (Å²) in [5.74, 6) is -0.924. The van der Waals surface area contributed by atoms with Gasteiger partial charge in [0.15, 0.2) is 0 Å². The summed E-state index contributed by atoms with van der Waals surface area (Å²) in [6, 6.07) is 9.48. The van der Waals surface area contributed by atoms with Crippen molar-refractivity contribution in [3.05, 3.63) is 36.0 Å². The second-order valence-corrected chi connectivity index (χ2v) is 4.06. The number of pyridine rings is 1. The van der Waals surface area contributed by atoms with Gasteiger partial charge in [0.2, 0.25) is 0 Å². The lowest BCUT2D eigenvalue weighted by atomic mass is 10.1. The van der Waals surface area contributed by atoms with E-state index in [4.69, 9.17) is 5.11 Å². The Bertz CT molecular complexity index is 661. The second kappa shape index (κ2) is 5.36. The topological polar surface area (TPSA) is 77.2 Å². The number of carboxylic acids is 1. The summed E-state index contributed by atoms with van der Waals surface area (Å²) in [5, 5.41) is 19.0. The number of hydrogen-bond acceptors (Lipinski definition) is 4. The molecule has 0 amide bonds. The normalized spacial score (nSPS) is 10.1. The van der Waals surface area contributed by atoms with E-state index in [0.717, 1.165) is 10.9 Å². The largest absolute Gasteiger partial charge is 0.480 e. The van der Waals surface area contributed by atoms with Crippen molar-refractivity contribution >= 4 is 22.6 Å². The molecular formula is C14H13N3O2. The monoisotopic (exact) mass is 255 g/mol. The standard InChI is InChI=1S/C14H13N3O2/c1-2-17(9-13(18)19)14-10(7-15)8-16-12-6-4-3-5-11(12)14/h3-6,8H,2,9H2,1H3,(H,18,19). The number of anilines is 1. The van der Waals surface area contributed by atoms with Crippen LogP contribution in [0, 0.1) is 11.3 Å². The number of nitriles is 1. The summed E-state index contributed by atoms with van der Waals surface area (Å²) in [6.45, 7) is 2.23. The molecule has 0 unspecified atom stereocenters. The molecule has 1 heterocycles. The molecule has 1 N–H and O–H groups in total. The van der Waals surface area contributed by atoms with Crippen molar-refractivity contribution in [2.24, 2.45) is 0 Å². The molecule has 0 bridgehead atoms. The summed E-state index contributed by atoms with van der Waals surface area (Å²) in [4.78, 5) is 16.8. The minimum atomic E-state index is -0.924. The van der Waals surface area contributed by atoms with Crippen LogP contribution in [0.15, 0.2) is 30.5 Å². The van der Waals surface area contributed by atoms with Crippen molar-refractivity contribution in [1.82, 2.24) is 4.98 Å². The van der Waals surface area contributed by atoms with Gasteiger partial charge >= 0.3 is 5.97 Å². The van der Waals surface area contributed by atoms with Gasteiger partial charge in [-0.2, -0.15) is 5.26 Å². The van der Waals surface area contributed by atoms with Crippen LogP contribution in [-0.2, 0) is 4.79 Å². The highest BCUT2D eigenvalue weighted by Gasteiger charge is 2.16. The lowest BCUT2D eigenvalue weighted by molar-refractivity contribution is -0.135. The Morgan fingerprint density at radius 2 is 2.21 bits per heavy atom. The summed E-state index contributed by atoms with van der Waals surface area (Å²) in [6.07, 6.45) is 1.49. The fourth-order valence-corrected chi connectivity index (χ4v) is 2.06. The fourth-order valence-electron chi connectivity index (χ4n) is 2.06. The van der Waals surface area contributed by atoms with Crippen LogP contribution in [0.4, 0.5) is 5.69 Å². The van der Waals surface area contributed by atoms with Gasteiger partial charge in [0.1, 0.15) is 12.6 Å². The predicted molar refractivity (Wildman–Crippen MR) is 72.0 cm³/mol. The number of rotatable bonds is 4. The first-order chi connectivity index (χ1) is 9.17. The summed E-state index contributed by atoms with van der Waals surface area (Å²) in [7, 11) is 0. The van der Waals surface area contributed by atoms with Crippen molar-refractivity contribution in [1.29, 1.82) is 5.26 Å².